The van der Waals surface area contributed by atoms with E-state index in [1.54, 1.807) is 35.6 Å². The molecule has 1 N–H and O–H groups in total. The molecule has 0 unspecified atom stereocenters. The molecule has 5 nitrogen and oxygen atoms in total. The van der Waals surface area contributed by atoms with Gasteiger partial charge in [0.1, 0.15) is 5.82 Å². The predicted molar refractivity (Wildman–Crippen MR) is 134 cm³/mol. The molecule has 7 heteroatoms. The van der Waals surface area contributed by atoms with E-state index in [0.717, 1.165) is 51.7 Å². The van der Waals surface area contributed by atoms with E-state index in [-0.39, 0.29) is 11.7 Å². The van der Waals surface area contributed by atoms with Crippen LogP contribution in [0.2, 0.25) is 0 Å². The number of hydrogen-bond donors (Lipinski definition) is 1. The standard InChI is InChI=1S/C26H25FN4OS/c1-30(2)22-13-14-31(16-22)26-29-23-12-11-21(15-24(23)33-26)28-25(32)19-5-3-17(4-6-19)18-7-9-20(27)10-8-18/h3-12,15,22H,13-14,16H2,1-2H3,(H,28,32)/t22-/m1/s1. The highest BCUT2D eigenvalue weighted by Gasteiger charge is 2.26. The highest BCUT2D eigenvalue weighted by molar-refractivity contribution is 7.22. The van der Waals surface area contributed by atoms with Crippen LogP contribution in [0.25, 0.3) is 21.3 Å². The SMILES string of the molecule is CN(C)[C@@H]1CCN(c2nc3ccc(NC(=O)c4ccc(-c5ccc(F)cc5)cc4)cc3s2)C1. The van der Waals surface area contributed by atoms with Crippen molar-refractivity contribution < 1.29 is 9.18 Å². The van der Waals surface area contributed by atoms with E-state index in [1.807, 2.05) is 30.3 Å². The summed E-state index contributed by atoms with van der Waals surface area (Å²) in [5.41, 5.74) is 4.11. The summed E-state index contributed by atoms with van der Waals surface area (Å²) in [5.74, 6) is -0.434. The Morgan fingerprint density at radius 2 is 1.76 bits per heavy atom. The molecule has 1 amide bonds. The van der Waals surface area contributed by atoms with E-state index >= 15 is 0 Å². The summed E-state index contributed by atoms with van der Waals surface area (Å²) < 4.78 is 14.2. The number of halogens is 1. The van der Waals surface area contributed by atoms with Crippen molar-refractivity contribution in [3.63, 3.8) is 0 Å². The van der Waals surface area contributed by atoms with Gasteiger partial charge in [0.2, 0.25) is 0 Å². The zero-order chi connectivity index (χ0) is 22.9. The maximum Gasteiger partial charge on any atom is 0.255 e. The second kappa shape index (κ2) is 8.92. The summed E-state index contributed by atoms with van der Waals surface area (Å²) in [7, 11) is 4.25. The zero-order valence-electron chi connectivity index (χ0n) is 18.6. The molecule has 1 aliphatic heterocycles. The van der Waals surface area contributed by atoms with Gasteiger partial charge in [0.25, 0.3) is 5.91 Å². The number of fused-ring (bicyclic) bond motifs is 1. The number of hydrogen-bond acceptors (Lipinski definition) is 5. The van der Waals surface area contributed by atoms with E-state index in [1.165, 1.54) is 12.1 Å². The molecule has 0 aliphatic carbocycles. The van der Waals surface area contributed by atoms with Crippen LogP contribution >= 0.6 is 11.3 Å². The first kappa shape index (κ1) is 21.6. The van der Waals surface area contributed by atoms with Crippen molar-refractivity contribution in [2.75, 3.05) is 37.4 Å². The molecular weight excluding hydrogens is 435 g/mol. The monoisotopic (exact) mass is 460 g/mol. The van der Waals surface area contributed by atoms with Gasteiger partial charge >= 0.3 is 0 Å². The number of rotatable bonds is 5. The van der Waals surface area contributed by atoms with Crippen LogP contribution in [0.15, 0.2) is 66.7 Å². The number of benzene rings is 3. The fourth-order valence-electron chi connectivity index (χ4n) is 4.12. The molecule has 168 valence electrons. The molecule has 5 rings (SSSR count). The van der Waals surface area contributed by atoms with Gasteiger partial charge in [0.05, 0.1) is 10.2 Å². The first-order valence-corrected chi connectivity index (χ1v) is 11.8. The third-order valence-electron chi connectivity index (χ3n) is 6.12. The Morgan fingerprint density at radius 1 is 1.06 bits per heavy atom. The number of anilines is 2. The molecule has 1 aliphatic rings. The normalized spacial score (nSPS) is 16.0. The molecule has 1 fully saturated rings. The predicted octanol–water partition coefficient (Wildman–Crippen LogP) is 5.50. The number of carbonyl (C=O) groups is 1. The van der Waals surface area contributed by atoms with Crippen LogP contribution in [0.3, 0.4) is 0 Å². The summed E-state index contributed by atoms with van der Waals surface area (Å²) >= 11 is 1.66. The van der Waals surface area contributed by atoms with Crippen molar-refractivity contribution >= 4 is 38.3 Å². The highest BCUT2D eigenvalue weighted by Crippen LogP contribution is 2.33. The van der Waals surface area contributed by atoms with Gasteiger partial charge in [-0.1, -0.05) is 35.6 Å². The molecular formula is C26H25FN4OS. The lowest BCUT2D eigenvalue weighted by molar-refractivity contribution is 0.102. The molecule has 0 saturated carbocycles. The van der Waals surface area contributed by atoms with Gasteiger partial charge in [-0.15, -0.1) is 0 Å². The number of likely N-dealkylation sites (N-methyl/N-ethyl adjacent to an activating group) is 1. The Morgan fingerprint density at radius 3 is 2.42 bits per heavy atom. The molecule has 0 radical (unpaired) electrons. The summed E-state index contributed by atoms with van der Waals surface area (Å²) in [6.07, 6.45) is 1.14. The summed E-state index contributed by atoms with van der Waals surface area (Å²) in [6.45, 7) is 2.00. The van der Waals surface area contributed by atoms with Gasteiger partial charge in [-0.3, -0.25) is 4.79 Å². The second-order valence-corrected chi connectivity index (χ2v) is 9.58. The fourth-order valence-corrected chi connectivity index (χ4v) is 5.16. The maximum absolute atomic E-state index is 13.1. The van der Waals surface area contributed by atoms with E-state index in [0.29, 0.717) is 11.6 Å². The van der Waals surface area contributed by atoms with E-state index in [2.05, 4.69) is 29.2 Å². The van der Waals surface area contributed by atoms with Crippen molar-refractivity contribution in [1.82, 2.24) is 9.88 Å². The Hall–Kier alpha value is -3.29. The minimum absolute atomic E-state index is 0.168. The first-order valence-electron chi connectivity index (χ1n) is 11.0. The van der Waals surface area contributed by atoms with E-state index in [9.17, 15) is 9.18 Å². The lowest BCUT2D eigenvalue weighted by Gasteiger charge is -2.19. The number of thiazole rings is 1. The summed E-state index contributed by atoms with van der Waals surface area (Å²) in [5, 5.41) is 4.02. The third-order valence-corrected chi connectivity index (χ3v) is 7.20. The Balaban J connectivity index is 1.28. The lowest BCUT2D eigenvalue weighted by Crippen LogP contribution is -2.31. The molecule has 3 aromatic carbocycles. The minimum Gasteiger partial charge on any atom is -0.346 e. The highest BCUT2D eigenvalue weighted by atomic mass is 32.1. The average Bonchev–Trinajstić information content (AvgIpc) is 3.47. The fraction of sp³-hybridized carbons (Fsp3) is 0.231. The van der Waals surface area contributed by atoms with Crippen LogP contribution in [0.5, 0.6) is 0 Å². The van der Waals surface area contributed by atoms with Crippen molar-refractivity contribution in [2.45, 2.75) is 12.5 Å². The van der Waals surface area contributed by atoms with Gasteiger partial charge in [0.15, 0.2) is 5.13 Å². The Kier molecular flexibility index (Phi) is 5.83. The molecule has 2 heterocycles. The van der Waals surface area contributed by atoms with Crippen LogP contribution < -0.4 is 10.2 Å². The second-order valence-electron chi connectivity index (χ2n) is 8.57. The zero-order valence-corrected chi connectivity index (χ0v) is 19.4. The van der Waals surface area contributed by atoms with Crippen LogP contribution in [0, 0.1) is 5.82 Å². The smallest absolute Gasteiger partial charge is 0.255 e. The Labute approximate surface area is 196 Å². The van der Waals surface area contributed by atoms with E-state index in [4.69, 9.17) is 4.98 Å². The van der Waals surface area contributed by atoms with Gasteiger partial charge in [0, 0.05) is 30.4 Å². The Bertz CT molecular complexity index is 1280. The van der Waals surface area contributed by atoms with Crippen LogP contribution in [-0.4, -0.2) is 49.0 Å². The third kappa shape index (κ3) is 4.60. The summed E-state index contributed by atoms with van der Waals surface area (Å²) in [4.78, 5) is 22.2. The summed E-state index contributed by atoms with van der Waals surface area (Å²) in [6, 6.07) is 20.0. The van der Waals surface area contributed by atoms with Crippen LogP contribution in [0.4, 0.5) is 15.2 Å². The van der Waals surface area contributed by atoms with Gasteiger partial charge in [-0.05, 0) is 74.1 Å². The topological polar surface area (TPSA) is 48.5 Å². The number of nitrogens with one attached hydrogen (secondary N) is 1. The molecule has 33 heavy (non-hydrogen) atoms. The van der Waals surface area contributed by atoms with Crippen LogP contribution in [0.1, 0.15) is 16.8 Å². The lowest BCUT2D eigenvalue weighted by atomic mass is 10.0. The molecule has 1 atom stereocenters. The van der Waals surface area contributed by atoms with Crippen molar-refractivity contribution in [1.29, 1.82) is 0 Å². The minimum atomic E-state index is -0.266. The van der Waals surface area contributed by atoms with Crippen LogP contribution in [-0.2, 0) is 0 Å². The quantitative estimate of drug-likeness (QED) is 0.428. The number of carbonyl (C=O) groups excluding carboxylic acids is 1. The maximum atomic E-state index is 13.1. The van der Waals surface area contributed by atoms with E-state index < -0.39 is 0 Å². The number of amides is 1. The van der Waals surface area contributed by atoms with Crippen molar-refractivity contribution in [3.8, 4) is 11.1 Å². The number of nitrogens with zero attached hydrogens (tertiary/aromatic N) is 3. The van der Waals surface area contributed by atoms with Crippen molar-refractivity contribution in [2.24, 2.45) is 0 Å². The van der Waals surface area contributed by atoms with Gasteiger partial charge < -0.3 is 15.1 Å². The molecule has 0 spiro atoms. The average molecular weight is 461 g/mol. The van der Waals surface area contributed by atoms with Crippen molar-refractivity contribution in [3.05, 3.63) is 78.1 Å². The largest absolute Gasteiger partial charge is 0.346 e. The molecule has 1 aromatic heterocycles. The molecule has 1 saturated heterocycles. The van der Waals surface area contributed by atoms with Gasteiger partial charge in [-0.2, -0.15) is 0 Å². The molecule has 4 aromatic rings. The first-order chi connectivity index (χ1) is 16.0. The van der Waals surface area contributed by atoms with Gasteiger partial charge in [-0.25, -0.2) is 9.37 Å². The molecule has 0 bridgehead atoms. The number of aromatic nitrogens is 1.